The van der Waals surface area contributed by atoms with Crippen molar-refractivity contribution in [3.63, 3.8) is 0 Å². The van der Waals surface area contributed by atoms with Crippen LogP contribution in [-0.2, 0) is 6.42 Å². The maximum absolute atomic E-state index is 12.7. The second-order valence-electron chi connectivity index (χ2n) is 7.00. The van der Waals surface area contributed by atoms with Gasteiger partial charge in [-0.15, -0.1) is 0 Å². The maximum Gasteiger partial charge on any atom is 0.270 e. The molecule has 9 heteroatoms. The predicted molar refractivity (Wildman–Crippen MR) is 123 cm³/mol. The van der Waals surface area contributed by atoms with Gasteiger partial charge in [-0.05, 0) is 42.3 Å². The summed E-state index contributed by atoms with van der Waals surface area (Å²) in [5, 5.41) is 16.5. The lowest BCUT2D eigenvalue weighted by molar-refractivity contribution is -0.384. The summed E-state index contributed by atoms with van der Waals surface area (Å²) >= 11 is 0. The molecule has 0 aliphatic heterocycles. The SMILES string of the molecule is COc1ccc(CCNC(=O)c2ccccc2NC(=O)c2cccc([N+](=O)[O-])c2)cc1OC. The number of hydrogen-bond acceptors (Lipinski definition) is 6. The van der Waals surface area contributed by atoms with E-state index in [1.807, 2.05) is 12.1 Å². The van der Waals surface area contributed by atoms with Gasteiger partial charge in [0, 0.05) is 24.2 Å². The van der Waals surface area contributed by atoms with Gasteiger partial charge < -0.3 is 20.1 Å². The van der Waals surface area contributed by atoms with E-state index in [9.17, 15) is 19.7 Å². The highest BCUT2D eigenvalue weighted by molar-refractivity contribution is 6.09. The largest absolute Gasteiger partial charge is 0.493 e. The number of rotatable bonds is 9. The standard InChI is InChI=1S/C24H23N3O6/c1-32-21-11-10-16(14-22(21)33-2)12-13-25-24(29)19-8-3-4-9-20(19)26-23(28)17-6-5-7-18(15-17)27(30)31/h3-11,14-15H,12-13H2,1-2H3,(H,25,29)(H,26,28). The molecule has 3 aromatic carbocycles. The molecule has 3 rings (SSSR count). The summed E-state index contributed by atoms with van der Waals surface area (Å²) < 4.78 is 10.5. The van der Waals surface area contributed by atoms with E-state index in [-0.39, 0.29) is 22.7 Å². The van der Waals surface area contributed by atoms with Crippen molar-refractivity contribution in [2.75, 3.05) is 26.1 Å². The van der Waals surface area contributed by atoms with Gasteiger partial charge in [-0.1, -0.05) is 24.3 Å². The highest BCUT2D eigenvalue weighted by Crippen LogP contribution is 2.27. The Balaban J connectivity index is 1.66. The summed E-state index contributed by atoms with van der Waals surface area (Å²) in [6.45, 7) is 0.363. The Kier molecular flexibility index (Phi) is 7.59. The first-order valence-corrected chi connectivity index (χ1v) is 10.1. The first-order chi connectivity index (χ1) is 15.9. The molecule has 0 fully saturated rings. The number of nitro groups is 1. The fourth-order valence-corrected chi connectivity index (χ4v) is 3.20. The zero-order chi connectivity index (χ0) is 23.8. The van der Waals surface area contributed by atoms with Crippen molar-refractivity contribution in [1.29, 1.82) is 0 Å². The fourth-order valence-electron chi connectivity index (χ4n) is 3.20. The molecule has 0 aliphatic carbocycles. The van der Waals surface area contributed by atoms with Crippen molar-refractivity contribution < 1.29 is 24.0 Å². The van der Waals surface area contributed by atoms with Gasteiger partial charge in [-0.25, -0.2) is 0 Å². The molecule has 33 heavy (non-hydrogen) atoms. The maximum atomic E-state index is 12.7. The van der Waals surface area contributed by atoms with Crippen molar-refractivity contribution in [1.82, 2.24) is 5.32 Å². The number of hydrogen-bond donors (Lipinski definition) is 2. The Morgan fingerprint density at radius 2 is 1.67 bits per heavy atom. The second-order valence-corrected chi connectivity index (χ2v) is 7.00. The molecule has 170 valence electrons. The number of amides is 2. The number of methoxy groups -OCH3 is 2. The first kappa shape index (κ1) is 23.3. The smallest absolute Gasteiger partial charge is 0.270 e. The molecule has 2 N–H and O–H groups in total. The third kappa shape index (κ3) is 5.85. The number of non-ortho nitro benzene ring substituents is 1. The number of para-hydroxylation sites is 1. The van der Waals surface area contributed by atoms with Crippen LogP contribution in [0, 0.1) is 10.1 Å². The molecule has 0 aliphatic rings. The van der Waals surface area contributed by atoms with Gasteiger partial charge in [-0.3, -0.25) is 19.7 Å². The van der Waals surface area contributed by atoms with Gasteiger partial charge in [0.05, 0.1) is 30.4 Å². The van der Waals surface area contributed by atoms with E-state index in [4.69, 9.17) is 9.47 Å². The minimum atomic E-state index is -0.573. The lowest BCUT2D eigenvalue weighted by Gasteiger charge is -2.12. The Hall–Kier alpha value is -4.40. The van der Waals surface area contributed by atoms with Crippen molar-refractivity contribution in [3.05, 3.63) is 93.5 Å². The molecule has 0 radical (unpaired) electrons. The Bertz CT molecular complexity index is 1180. The topological polar surface area (TPSA) is 120 Å². The number of anilines is 1. The average Bonchev–Trinajstić information content (AvgIpc) is 2.84. The molecule has 0 saturated carbocycles. The number of carbonyl (C=O) groups is 2. The number of carbonyl (C=O) groups excluding carboxylic acids is 2. The van der Waals surface area contributed by atoms with Crippen LogP contribution in [0.2, 0.25) is 0 Å². The van der Waals surface area contributed by atoms with E-state index >= 15 is 0 Å². The minimum Gasteiger partial charge on any atom is -0.493 e. The summed E-state index contributed by atoms with van der Waals surface area (Å²) in [6, 6.07) is 17.5. The second kappa shape index (κ2) is 10.8. The van der Waals surface area contributed by atoms with E-state index < -0.39 is 10.8 Å². The summed E-state index contributed by atoms with van der Waals surface area (Å²) in [6.07, 6.45) is 0.564. The number of nitrogens with zero attached hydrogens (tertiary/aromatic N) is 1. The molecule has 0 bridgehead atoms. The lowest BCUT2D eigenvalue weighted by Crippen LogP contribution is -2.27. The third-order valence-electron chi connectivity index (χ3n) is 4.89. The van der Waals surface area contributed by atoms with E-state index in [0.29, 0.717) is 30.2 Å². The summed E-state index contributed by atoms with van der Waals surface area (Å²) in [7, 11) is 3.12. The normalized spacial score (nSPS) is 10.2. The lowest BCUT2D eigenvalue weighted by atomic mass is 10.1. The minimum absolute atomic E-state index is 0.118. The molecule has 9 nitrogen and oxygen atoms in total. The van der Waals surface area contributed by atoms with Gasteiger partial charge >= 0.3 is 0 Å². The molecule has 2 amide bonds. The zero-order valence-corrected chi connectivity index (χ0v) is 18.2. The highest BCUT2D eigenvalue weighted by Gasteiger charge is 2.16. The summed E-state index contributed by atoms with van der Waals surface area (Å²) in [5.74, 6) is 0.323. The quantitative estimate of drug-likeness (QED) is 0.378. The van der Waals surface area contributed by atoms with Crippen molar-refractivity contribution in [2.45, 2.75) is 6.42 Å². The molecule has 3 aromatic rings. The third-order valence-corrected chi connectivity index (χ3v) is 4.89. The van der Waals surface area contributed by atoms with Gasteiger partial charge in [0.15, 0.2) is 11.5 Å². The van der Waals surface area contributed by atoms with E-state index in [1.165, 1.54) is 24.3 Å². The predicted octanol–water partition coefficient (Wildman–Crippen LogP) is 3.84. The first-order valence-electron chi connectivity index (χ1n) is 10.1. The molecular weight excluding hydrogens is 426 g/mol. The number of nitrogens with one attached hydrogen (secondary N) is 2. The molecule has 0 atom stereocenters. The average molecular weight is 449 g/mol. The molecule has 0 unspecified atom stereocenters. The van der Waals surface area contributed by atoms with Crippen LogP contribution in [0.4, 0.5) is 11.4 Å². The molecule has 0 heterocycles. The Labute approximate surface area is 190 Å². The molecule has 0 spiro atoms. The zero-order valence-electron chi connectivity index (χ0n) is 18.2. The molecule has 0 saturated heterocycles. The van der Waals surface area contributed by atoms with Gasteiger partial charge in [0.1, 0.15) is 0 Å². The summed E-state index contributed by atoms with van der Waals surface area (Å²) in [5.41, 5.74) is 1.47. The number of ether oxygens (including phenoxy) is 2. The van der Waals surface area contributed by atoms with Crippen molar-refractivity contribution in [3.8, 4) is 11.5 Å². The van der Waals surface area contributed by atoms with E-state index in [2.05, 4.69) is 10.6 Å². The van der Waals surface area contributed by atoms with Crippen LogP contribution in [0.1, 0.15) is 26.3 Å². The summed E-state index contributed by atoms with van der Waals surface area (Å²) in [4.78, 5) is 35.7. The number of benzene rings is 3. The monoisotopic (exact) mass is 449 g/mol. The Morgan fingerprint density at radius 1 is 0.909 bits per heavy atom. The highest BCUT2D eigenvalue weighted by atomic mass is 16.6. The van der Waals surface area contributed by atoms with Crippen molar-refractivity contribution in [2.24, 2.45) is 0 Å². The van der Waals surface area contributed by atoms with Gasteiger partial charge in [0.2, 0.25) is 0 Å². The van der Waals surface area contributed by atoms with E-state index in [0.717, 1.165) is 5.56 Å². The van der Waals surface area contributed by atoms with Gasteiger partial charge in [-0.2, -0.15) is 0 Å². The molecular formula is C24H23N3O6. The number of nitro benzene ring substituents is 1. The van der Waals surface area contributed by atoms with Crippen LogP contribution in [0.3, 0.4) is 0 Å². The Morgan fingerprint density at radius 3 is 2.39 bits per heavy atom. The van der Waals surface area contributed by atoms with Crippen LogP contribution in [0.5, 0.6) is 11.5 Å². The van der Waals surface area contributed by atoms with Crippen LogP contribution in [-0.4, -0.2) is 37.5 Å². The van der Waals surface area contributed by atoms with Crippen LogP contribution >= 0.6 is 0 Å². The van der Waals surface area contributed by atoms with Crippen LogP contribution in [0.25, 0.3) is 0 Å². The van der Waals surface area contributed by atoms with E-state index in [1.54, 1.807) is 44.6 Å². The van der Waals surface area contributed by atoms with Crippen molar-refractivity contribution >= 4 is 23.2 Å². The van der Waals surface area contributed by atoms with Crippen LogP contribution in [0.15, 0.2) is 66.7 Å². The molecule has 0 aromatic heterocycles. The van der Waals surface area contributed by atoms with Crippen LogP contribution < -0.4 is 20.1 Å². The van der Waals surface area contributed by atoms with Gasteiger partial charge in [0.25, 0.3) is 17.5 Å². The fraction of sp³-hybridized carbons (Fsp3) is 0.167.